The highest BCUT2D eigenvalue weighted by atomic mass is 16.6. The van der Waals surface area contributed by atoms with E-state index in [0.717, 1.165) is 24.0 Å². The van der Waals surface area contributed by atoms with Gasteiger partial charge in [0.1, 0.15) is 17.7 Å². The molecule has 7 nitrogen and oxygen atoms in total. The minimum absolute atomic E-state index is 0.181. The number of para-hydroxylation sites is 1. The third-order valence-electron chi connectivity index (χ3n) is 6.81. The number of ether oxygens (including phenoxy) is 1. The summed E-state index contributed by atoms with van der Waals surface area (Å²) in [5, 5.41) is 5.82. The number of nitrogens with one attached hydrogen (secondary N) is 2. The van der Waals surface area contributed by atoms with Gasteiger partial charge < -0.3 is 20.3 Å². The molecule has 0 aliphatic heterocycles. The fourth-order valence-corrected chi connectivity index (χ4v) is 4.75. The van der Waals surface area contributed by atoms with Gasteiger partial charge in [0.2, 0.25) is 5.91 Å². The van der Waals surface area contributed by atoms with Gasteiger partial charge in [0.05, 0.1) is 0 Å². The molecule has 41 heavy (non-hydrogen) atoms. The van der Waals surface area contributed by atoms with Gasteiger partial charge in [0.15, 0.2) is 0 Å². The number of nitrogens with zero attached hydrogens (tertiary/aromatic N) is 1. The van der Waals surface area contributed by atoms with Gasteiger partial charge in [0.25, 0.3) is 5.91 Å². The molecule has 0 spiro atoms. The zero-order chi connectivity index (χ0) is 29.6. The van der Waals surface area contributed by atoms with Crippen LogP contribution in [0.15, 0.2) is 78.9 Å². The Balaban J connectivity index is 1.76. The van der Waals surface area contributed by atoms with Crippen molar-refractivity contribution in [1.29, 1.82) is 0 Å². The topological polar surface area (TPSA) is 87.7 Å². The van der Waals surface area contributed by atoms with E-state index < -0.39 is 23.8 Å². The molecule has 0 saturated heterocycles. The minimum atomic E-state index is -1.01. The first-order valence-electron chi connectivity index (χ1n) is 13.8. The molecule has 212 valence electrons. The van der Waals surface area contributed by atoms with Crippen LogP contribution in [-0.2, 0) is 20.7 Å². The fraction of sp³-hybridized carbons (Fsp3) is 0.324. The van der Waals surface area contributed by atoms with E-state index in [1.165, 1.54) is 0 Å². The van der Waals surface area contributed by atoms with Gasteiger partial charge in [-0.3, -0.25) is 9.59 Å². The molecule has 1 aliphatic rings. The van der Waals surface area contributed by atoms with Gasteiger partial charge >= 0.3 is 6.09 Å². The zero-order valence-corrected chi connectivity index (χ0v) is 24.0. The standard InChI is InChI=1S/C34H37N3O4/c1-6-25-17-11-12-18-27(25)30(31(38)35-28-19-13-10-14-23(28)2)37(26-20-21-26)32(39)29(22-24-15-8-7-9-16-24)36-33(40)41-34(3,4)5/h1,7-19,26,29-30H,20-22H2,2-5H3,(H,35,38)(H,36,40). The van der Waals surface area contributed by atoms with Crippen LogP contribution in [0.4, 0.5) is 10.5 Å². The fourth-order valence-electron chi connectivity index (χ4n) is 4.75. The van der Waals surface area contributed by atoms with Crippen molar-refractivity contribution in [3.8, 4) is 12.3 Å². The molecule has 2 N–H and O–H groups in total. The molecule has 0 radical (unpaired) electrons. The highest BCUT2D eigenvalue weighted by Crippen LogP contribution is 2.37. The highest BCUT2D eigenvalue weighted by Gasteiger charge is 2.44. The molecular formula is C34H37N3O4. The summed E-state index contributed by atoms with van der Waals surface area (Å²) in [5.74, 6) is 1.93. The van der Waals surface area contributed by atoms with E-state index in [1.807, 2.05) is 61.5 Å². The van der Waals surface area contributed by atoms with E-state index in [2.05, 4.69) is 16.6 Å². The number of amides is 3. The first-order chi connectivity index (χ1) is 19.6. The Kier molecular flexibility index (Phi) is 9.14. The van der Waals surface area contributed by atoms with Gasteiger partial charge in [-0.25, -0.2) is 4.79 Å². The summed E-state index contributed by atoms with van der Waals surface area (Å²) in [6, 6.07) is 21.9. The highest BCUT2D eigenvalue weighted by molar-refractivity contribution is 6.00. The number of hydrogen-bond donors (Lipinski definition) is 2. The maximum atomic E-state index is 14.5. The second kappa shape index (κ2) is 12.7. The number of aryl methyl sites for hydroxylation is 1. The summed E-state index contributed by atoms with van der Waals surface area (Å²) >= 11 is 0. The van der Waals surface area contributed by atoms with Crippen molar-refractivity contribution in [1.82, 2.24) is 10.2 Å². The third kappa shape index (κ3) is 7.76. The maximum Gasteiger partial charge on any atom is 0.408 e. The van der Waals surface area contributed by atoms with E-state index in [9.17, 15) is 14.4 Å². The zero-order valence-electron chi connectivity index (χ0n) is 24.0. The Hall–Kier alpha value is -4.57. The number of alkyl carbamates (subject to hydrolysis) is 1. The predicted molar refractivity (Wildman–Crippen MR) is 160 cm³/mol. The molecule has 1 fully saturated rings. The van der Waals surface area contributed by atoms with E-state index in [-0.39, 0.29) is 24.3 Å². The Bertz CT molecular complexity index is 1430. The van der Waals surface area contributed by atoms with E-state index in [0.29, 0.717) is 16.8 Å². The first kappa shape index (κ1) is 29.4. The summed E-state index contributed by atoms with van der Waals surface area (Å²) in [5.41, 5.74) is 2.73. The molecule has 2 atom stereocenters. The molecule has 1 saturated carbocycles. The second-order valence-corrected chi connectivity index (χ2v) is 11.3. The van der Waals surface area contributed by atoms with E-state index in [4.69, 9.17) is 11.2 Å². The van der Waals surface area contributed by atoms with Crippen LogP contribution in [0, 0.1) is 19.3 Å². The predicted octanol–water partition coefficient (Wildman–Crippen LogP) is 5.78. The van der Waals surface area contributed by atoms with Crippen molar-refractivity contribution in [2.24, 2.45) is 0 Å². The van der Waals surface area contributed by atoms with Crippen molar-refractivity contribution in [2.75, 3.05) is 5.32 Å². The maximum absolute atomic E-state index is 14.5. The number of terminal acetylenes is 1. The lowest BCUT2D eigenvalue weighted by Crippen LogP contribution is -2.54. The van der Waals surface area contributed by atoms with Crippen LogP contribution in [-0.4, -0.2) is 40.5 Å². The normalized spacial score (nSPS) is 14.2. The Morgan fingerprint density at radius 2 is 1.61 bits per heavy atom. The van der Waals surface area contributed by atoms with Crippen LogP contribution in [0.5, 0.6) is 0 Å². The number of anilines is 1. The van der Waals surface area contributed by atoms with Crippen LogP contribution in [0.25, 0.3) is 0 Å². The van der Waals surface area contributed by atoms with Crippen molar-refractivity contribution < 1.29 is 19.1 Å². The van der Waals surface area contributed by atoms with Crippen LogP contribution in [0.2, 0.25) is 0 Å². The van der Waals surface area contributed by atoms with Crippen LogP contribution in [0.1, 0.15) is 61.9 Å². The quantitative estimate of drug-likeness (QED) is 0.330. The molecule has 0 bridgehead atoms. The smallest absolute Gasteiger partial charge is 0.408 e. The minimum Gasteiger partial charge on any atom is -0.444 e. The van der Waals surface area contributed by atoms with Gasteiger partial charge in [-0.2, -0.15) is 0 Å². The molecule has 3 aromatic carbocycles. The lowest BCUT2D eigenvalue weighted by atomic mass is 9.96. The van der Waals surface area contributed by atoms with Gasteiger partial charge in [-0.15, -0.1) is 6.42 Å². The van der Waals surface area contributed by atoms with Crippen molar-refractivity contribution in [3.05, 3.63) is 101 Å². The molecule has 7 heteroatoms. The lowest BCUT2D eigenvalue weighted by Gasteiger charge is -2.35. The van der Waals surface area contributed by atoms with Crippen LogP contribution in [0.3, 0.4) is 0 Å². The van der Waals surface area contributed by atoms with Gasteiger partial charge in [-0.1, -0.05) is 72.7 Å². The molecule has 0 aromatic heterocycles. The molecule has 2 unspecified atom stereocenters. The number of rotatable bonds is 9. The Morgan fingerprint density at radius 3 is 2.24 bits per heavy atom. The van der Waals surface area contributed by atoms with Crippen LogP contribution >= 0.6 is 0 Å². The third-order valence-corrected chi connectivity index (χ3v) is 6.81. The average Bonchev–Trinajstić information content (AvgIpc) is 3.77. The van der Waals surface area contributed by atoms with Crippen molar-refractivity contribution in [3.63, 3.8) is 0 Å². The molecular weight excluding hydrogens is 514 g/mol. The van der Waals surface area contributed by atoms with Crippen LogP contribution < -0.4 is 10.6 Å². The van der Waals surface area contributed by atoms with Crippen molar-refractivity contribution >= 4 is 23.6 Å². The summed E-state index contributed by atoms with van der Waals surface area (Å²) < 4.78 is 5.51. The Morgan fingerprint density at radius 1 is 0.976 bits per heavy atom. The second-order valence-electron chi connectivity index (χ2n) is 11.3. The number of hydrogen-bond acceptors (Lipinski definition) is 4. The molecule has 4 rings (SSSR count). The van der Waals surface area contributed by atoms with Gasteiger partial charge in [0, 0.05) is 23.7 Å². The SMILES string of the molecule is C#Cc1ccccc1C(C(=O)Nc1ccccc1C)N(C(=O)C(Cc1ccccc1)NC(=O)OC(C)(C)C)C1CC1. The number of benzene rings is 3. The molecule has 3 amide bonds. The van der Waals surface area contributed by atoms with E-state index >= 15 is 0 Å². The average molecular weight is 552 g/mol. The largest absolute Gasteiger partial charge is 0.444 e. The summed E-state index contributed by atoms with van der Waals surface area (Å²) in [6.45, 7) is 7.20. The summed E-state index contributed by atoms with van der Waals surface area (Å²) in [4.78, 5) is 43.1. The number of carbonyl (C=O) groups is 3. The summed E-state index contributed by atoms with van der Waals surface area (Å²) in [7, 11) is 0. The molecule has 3 aromatic rings. The Labute approximate surface area is 242 Å². The summed E-state index contributed by atoms with van der Waals surface area (Å²) in [6.07, 6.45) is 6.86. The van der Waals surface area contributed by atoms with E-state index in [1.54, 1.807) is 49.9 Å². The lowest BCUT2D eigenvalue weighted by molar-refractivity contribution is -0.141. The monoisotopic (exact) mass is 551 g/mol. The molecule has 0 heterocycles. The number of carbonyl (C=O) groups excluding carboxylic acids is 3. The molecule has 1 aliphatic carbocycles. The van der Waals surface area contributed by atoms with Gasteiger partial charge in [-0.05, 0) is 69.4 Å². The first-order valence-corrected chi connectivity index (χ1v) is 13.8. The van der Waals surface area contributed by atoms with Crippen molar-refractivity contribution in [2.45, 2.75) is 70.7 Å².